The third-order valence-corrected chi connectivity index (χ3v) is 4.87. The lowest BCUT2D eigenvalue weighted by molar-refractivity contribution is 0.0947. The van der Waals surface area contributed by atoms with Crippen molar-refractivity contribution in [2.75, 3.05) is 12.0 Å². The zero-order chi connectivity index (χ0) is 11.1. The molecule has 3 unspecified atom stereocenters. The molecule has 15 heavy (non-hydrogen) atoms. The highest BCUT2D eigenvalue weighted by Gasteiger charge is 2.47. The lowest BCUT2D eigenvalue weighted by Crippen LogP contribution is -2.20. The van der Waals surface area contributed by atoms with E-state index >= 15 is 0 Å². The van der Waals surface area contributed by atoms with E-state index in [1.54, 1.807) is 0 Å². The molecule has 0 spiro atoms. The molecule has 2 aliphatic carbocycles. The molecule has 2 rings (SSSR count). The van der Waals surface area contributed by atoms with Gasteiger partial charge in [0.05, 0.1) is 6.10 Å². The molecule has 88 valence electrons. The Balaban J connectivity index is 1.66. The lowest BCUT2D eigenvalue weighted by atomic mass is 9.94. The van der Waals surface area contributed by atoms with Crippen molar-refractivity contribution in [2.45, 2.75) is 38.2 Å². The van der Waals surface area contributed by atoms with Crippen molar-refractivity contribution in [3.05, 3.63) is 0 Å². The summed E-state index contributed by atoms with van der Waals surface area (Å²) in [4.78, 5) is 0. The number of sulfone groups is 1. The highest BCUT2D eigenvalue weighted by molar-refractivity contribution is 7.90. The molecule has 3 nitrogen and oxygen atoms in total. The normalized spacial score (nSPS) is 36.3. The largest absolute Gasteiger partial charge is 0.393 e. The molecule has 3 atom stereocenters. The highest BCUT2D eigenvalue weighted by Crippen LogP contribution is 2.55. The molecule has 0 heterocycles. The van der Waals surface area contributed by atoms with Crippen molar-refractivity contribution < 1.29 is 13.5 Å². The predicted molar refractivity (Wildman–Crippen MR) is 59.3 cm³/mol. The zero-order valence-electron chi connectivity index (χ0n) is 9.22. The quantitative estimate of drug-likeness (QED) is 0.775. The molecule has 0 aromatic rings. The number of fused-ring (bicyclic) bond motifs is 1. The summed E-state index contributed by atoms with van der Waals surface area (Å²) in [5.74, 6) is 2.44. The average molecular weight is 232 g/mol. The molecule has 4 heteroatoms. The van der Waals surface area contributed by atoms with Gasteiger partial charge in [0.15, 0.2) is 0 Å². The van der Waals surface area contributed by atoms with Gasteiger partial charge in [-0.25, -0.2) is 8.42 Å². The molecule has 2 saturated carbocycles. The maximum absolute atomic E-state index is 10.9. The van der Waals surface area contributed by atoms with E-state index in [-0.39, 0.29) is 11.9 Å². The van der Waals surface area contributed by atoms with Crippen LogP contribution in [0, 0.1) is 17.8 Å². The fourth-order valence-corrected chi connectivity index (χ4v) is 3.56. The second-order valence-corrected chi connectivity index (χ2v) is 7.59. The summed E-state index contributed by atoms with van der Waals surface area (Å²) >= 11 is 0. The minimum Gasteiger partial charge on any atom is -0.393 e. The topological polar surface area (TPSA) is 54.4 Å². The standard InChI is InChI=1S/C11H20O3S/c1-15(13,14)4-2-3-11(12)10-6-8-5-9(8)7-10/h8-12H,2-7H2,1H3. The smallest absolute Gasteiger partial charge is 0.147 e. The first-order valence-corrected chi connectivity index (χ1v) is 7.87. The lowest BCUT2D eigenvalue weighted by Gasteiger charge is -2.18. The first-order chi connectivity index (χ1) is 6.96. The second kappa shape index (κ2) is 4.06. The Bertz CT molecular complexity index is 313. The Morgan fingerprint density at radius 3 is 2.40 bits per heavy atom. The Morgan fingerprint density at radius 1 is 1.27 bits per heavy atom. The van der Waals surface area contributed by atoms with E-state index in [2.05, 4.69) is 0 Å². The minimum atomic E-state index is -2.86. The first kappa shape index (κ1) is 11.4. The first-order valence-electron chi connectivity index (χ1n) is 5.81. The van der Waals surface area contributed by atoms with Gasteiger partial charge in [-0.2, -0.15) is 0 Å². The van der Waals surface area contributed by atoms with Gasteiger partial charge in [-0.05, 0) is 49.9 Å². The van der Waals surface area contributed by atoms with Crippen LogP contribution in [0.2, 0.25) is 0 Å². The van der Waals surface area contributed by atoms with Crippen LogP contribution in [0.1, 0.15) is 32.1 Å². The Kier molecular flexibility index (Phi) is 3.08. The molecule has 0 aromatic heterocycles. The minimum absolute atomic E-state index is 0.212. The van der Waals surface area contributed by atoms with Crippen molar-refractivity contribution in [1.82, 2.24) is 0 Å². The molecule has 0 bridgehead atoms. The van der Waals surface area contributed by atoms with Gasteiger partial charge in [0.25, 0.3) is 0 Å². The van der Waals surface area contributed by atoms with Gasteiger partial charge in [-0.1, -0.05) is 0 Å². The molecule has 0 radical (unpaired) electrons. The number of aliphatic hydroxyl groups is 1. The van der Waals surface area contributed by atoms with Crippen molar-refractivity contribution in [1.29, 1.82) is 0 Å². The Labute approximate surface area is 91.8 Å². The molecule has 1 N–H and O–H groups in total. The maximum atomic E-state index is 10.9. The Hall–Kier alpha value is -0.0900. The molecule has 2 aliphatic rings. The summed E-state index contributed by atoms with van der Waals surface area (Å²) in [5.41, 5.74) is 0. The van der Waals surface area contributed by atoms with Crippen LogP contribution in [0.3, 0.4) is 0 Å². The molecule has 2 fully saturated rings. The van der Waals surface area contributed by atoms with E-state index in [0.717, 1.165) is 11.8 Å². The molecular weight excluding hydrogens is 212 g/mol. The van der Waals surface area contributed by atoms with E-state index in [0.29, 0.717) is 18.8 Å². The maximum Gasteiger partial charge on any atom is 0.147 e. The molecule has 0 aliphatic heterocycles. The van der Waals surface area contributed by atoms with Gasteiger partial charge in [0.1, 0.15) is 9.84 Å². The van der Waals surface area contributed by atoms with Gasteiger partial charge in [-0.3, -0.25) is 0 Å². The zero-order valence-corrected chi connectivity index (χ0v) is 10.0. The van der Waals surface area contributed by atoms with E-state index in [4.69, 9.17) is 0 Å². The SMILES string of the molecule is CS(=O)(=O)CCCC(O)C1CC2CC2C1. The highest BCUT2D eigenvalue weighted by atomic mass is 32.2. The molecule has 0 amide bonds. The van der Waals surface area contributed by atoms with Gasteiger partial charge in [0, 0.05) is 12.0 Å². The molecule has 0 saturated heterocycles. The van der Waals surface area contributed by atoms with Gasteiger partial charge < -0.3 is 5.11 Å². The average Bonchev–Trinajstić information content (AvgIpc) is 2.71. The van der Waals surface area contributed by atoms with Crippen LogP contribution in [0.5, 0.6) is 0 Å². The van der Waals surface area contributed by atoms with Crippen LogP contribution in [0.4, 0.5) is 0 Å². The van der Waals surface area contributed by atoms with Crippen molar-refractivity contribution >= 4 is 9.84 Å². The third kappa shape index (κ3) is 3.18. The van der Waals surface area contributed by atoms with Crippen LogP contribution in [0.25, 0.3) is 0 Å². The van der Waals surface area contributed by atoms with Crippen LogP contribution < -0.4 is 0 Å². The summed E-state index contributed by atoms with van der Waals surface area (Å²) < 4.78 is 21.8. The number of hydrogen-bond acceptors (Lipinski definition) is 3. The van der Waals surface area contributed by atoms with Gasteiger partial charge in [0.2, 0.25) is 0 Å². The van der Waals surface area contributed by atoms with Crippen LogP contribution in [-0.2, 0) is 9.84 Å². The van der Waals surface area contributed by atoms with Crippen molar-refractivity contribution in [3.63, 3.8) is 0 Å². The van der Waals surface area contributed by atoms with Crippen LogP contribution in [-0.4, -0.2) is 31.6 Å². The number of rotatable bonds is 5. The van der Waals surface area contributed by atoms with E-state index in [9.17, 15) is 13.5 Å². The van der Waals surface area contributed by atoms with Crippen molar-refractivity contribution in [2.24, 2.45) is 17.8 Å². The summed E-state index contributed by atoms with van der Waals surface area (Å²) in [6.45, 7) is 0. The summed E-state index contributed by atoms with van der Waals surface area (Å²) in [7, 11) is -2.86. The van der Waals surface area contributed by atoms with Gasteiger partial charge >= 0.3 is 0 Å². The predicted octanol–water partition coefficient (Wildman–Crippen LogP) is 1.22. The van der Waals surface area contributed by atoms with E-state index in [1.165, 1.54) is 25.5 Å². The van der Waals surface area contributed by atoms with Crippen LogP contribution >= 0.6 is 0 Å². The number of hydrogen-bond donors (Lipinski definition) is 1. The molecular formula is C11H20O3S. The summed E-state index contributed by atoms with van der Waals surface area (Å²) in [5, 5.41) is 9.89. The Morgan fingerprint density at radius 2 is 1.87 bits per heavy atom. The second-order valence-electron chi connectivity index (χ2n) is 5.33. The fraction of sp³-hybridized carbons (Fsp3) is 1.00. The van der Waals surface area contributed by atoms with Crippen molar-refractivity contribution in [3.8, 4) is 0 Å². The van der Waals surface area contributed by atoms with E-state index in [1.807, 2.05) is 0 Å². The monoisotopic (exact) mass is 232 g/mol. The summed E-state index contributed by atoms with van der Waals surface area (Å²) in [6.07, 6.45) is 5.95. The fourth-order valence-electron chi connectivity index (χ4n) is 2.87. The summed E-state index contributed by atoms with van der Waals surface area (Å²) in [6, 6.07) is 0. The molecule has 0 aromatic carbocycles. The third-order valence-electron chi connectivity index (χ3n) is 3.84. The number of aliphatic hydroxyl groups excluding tert-OH is 1. The van der Waals surface area contributed by atoms with Crippen LogP contribution in [0.15, 0.2) is 0 Å². The van der Waals surface area contributed by atoms with E-state index < -0.39 is 9.84 Å². The van der Waals surface area contributed by atoms with Gasteiger partial charge in [-0.15, -0.1) is 0 Å².